The summed E-state index contributed by atoms with van der Waals surface area (Å²) in [6, 6.07) is 14.0. The number of nitrogens with zero attached hydrogens (tertiary/aromatic N) is 3. The number of rotatable bonds is 7. The number of hydrogen-bond donors (Lipinski definition) is 0. The van der Waals surface area contributed by atoms with E-state index in [4.69, 9.17) is 4.74 Å². The van der Waals surface area contributed by atoms with Gasteiger partial charge in [0.2, 0.25) is 0 Å². The van der Waals surface area contributed by atoms with Gasteiger partial charge in [0, 0.05) is 30.4 Å². The Labute approximate surface area is 202 Å². The average molecular weight is 466 g/mol. The third-order valence-corrected chi connectivity index (χ3v) is 6.74. The van der Waals surface area contributed by atoms with Crippen LogP contribution in [0.1, 0.15) is 51.2 Å². The molecule has 3 rings (SSSR count). The minimum Gasteiger partial charge on any atom is -0.461 e. The van der Waals surface area contributed by atoms with E-state index < -0.39 is 4.92 Å². The van der Waals surface area contributed by atoms with Crippen LogP contribution in [0.4, 0.5) is 11.4 Å². The van der Waals surface area contributed by atoms with Gasteiger partial charge in [-0.05, 0) is 61.3 Å². The Morgan fingerprint density at radius 1 is 1.18 bits per heavy atom. The number of nitro groups is 1. The van der Waals surface area contributed by atoms with Crippen LogP contribution >= 0.6 is 0 Å². The Hall–Kier alpha value is -3.22. The van der Waals surface area contributed by atoms with E-state index in [0.717, 1.165) is 24.1 Å². The number of ether oxygens (including phenoxy) is 1. The van der Waals surface area contributed by atoms with Crippen molar-refractivity contribution in [3.05, 3.63) is 69.8 Å². The summed E-state index contributed by atoms with van der Waals surface area (Å²) >= 11 is 0. The van der Waals surface area contributed by atoms with Crippen LogP contribution in [0.15, 0.2) is 53.5 Å². The van der Waals surface area contributed by atoms with E-state index in [0.29, 0.717) is 29.2 Å². The molecule has 0 amide bonds. The Bertz CT molecular complexity index is 1030. The van der Waals surface area contributed by atoms with Crippen LogP contribution in [0.2, 0.25) is 0 Å². The second-order valence-electron chi connectivity index (χ2n) is 9.58. The summed E-state index contributed by atoms with van der Waals surface area (Å²) in [5.74, 6) is 1.61. The lowest BCUT2D eigenvalue weighted by atomic mass is 9.75. The highest BCUT2D eigenvalue weighted by Crippen LogP contribution is 2.35. The SMILES string of the molecule is CN=C(c1ccc([N+](=O)[O-])cc1)N(CC(=O)O[C@@H]1C[C@H](C)CC[C@H]1C(C)C)c1ccccc1C. The van der Waals surface area contributed by atoms with Gasteiger partial charge in [0.15, 0.2) is 0 Å². The number of aryl methyl sites for hydroxylation is 1. The van der Waals surface area contributed by atoms with Gasteiger partial charge in [-0.2, -0.15) is 0 Å². The van der Waals surface area contributed by atoms with Crippen LogP contribution < -0.4 is 4.90 Å². The van der Waals surface area contributed by atoms with Gasteiger partial charge in [-0.15, -0.1) is 0 Å². The number of non-ortho nitro benzene ring substituents is 1. The highest BCUT2D eigenvalue weighted by Gasteiger charge is 2.34. The number of hydrogen-bond acceptors (Lipinski definition) is 5. The molecule has 0 N–H and O–H groups in total. The Morgan fingerprint density at radius 3 is 2.44 bits per heavy atom. The van der Waals surface area contributed by atoms with Crippen LogP contribution in [0.25, 0.3) is 0 Å². The fourth-order valence-corrected chi connectivity index (χ4v) is 4.86. The second-order valence-corrected chi connectivity index (χ2v) is 9.58. The molecule has 7 nitrogen and oxygen atoms in total. The highest BCUT2D eigenvalue weighted by atomic mass is 16.6. The number of carbonyl (C=O) groups is 1. The fourth-order valence-electron chi connectivity index (χ4n) is 4.86. The van der Waals surface area contributed by atoms with Crippen LogP contribution in [-0.2, 0) is 9.53 Å². The van der Waals surface area contributed by atoms with Crippen LogP contribution in [0.3, 0.4) is 0 Å². The first-order chi connectivity index (χ1) is 16.2. The van der Waals surface area contributed by atoms with Gasteiger partial charge in [0.1, 0.15) is 18.5 Å². The molecule has 1 saturated carbocycles. The molecule has 7 heteroatoms. The molecule has 0 spiro atoms. The van der Waals surface area contributed by atoms with Gasteiger partial charge >= 0.3 is 5.97 Å². The first kappa shape index (κ1) is 25.4. The standard InChI is InChI=1S/C27H35N3O4/c1-18(2)23-15-10-19(3)16-25(23)34-26(31)17-29(24-9-7-6-8-20(24)4)27(28-5)21-11-13-22(14-12-21)30(32)33/h6-9,11-14,18-19,23,25H,10,15-17H2,1-5H3/t19-,23+,25-/m1/s1. The Balaban J connectivity index is 1.89. The predicted molar refractivity (Wildman–Crippen MR) is 135 cm³/mol. The molecule has 2 aromatic carbocycles. The lowest BCUT2D eigenvalue weighted by molar-refractivity contribution is -0.384. The van der Waals surface area contributed by atoms with E-state index in [-0.39, 0.29) is 24.3 Å². The first-order valence-electron chi connectivity index (χ1n) is 12.0. The van der Waals surface area contributed by atoms with E-state index in [1.54, 1.807) is 19.2 Å². The summed E-state index contributed by atoms with van der Waals surface area (Å²) in [6.45, 7) is 8.58. The van der Waals surface area contributed by atoms with E-state index >= 15 is 0 Å². The maximum Gasteiger partial charge on any atom is 0.326 e. The lowest BCUT2D eigenvalue weighted by Crippen LogP contribution is -2.41. The quantitative estimate of drug-likeness (QED) is 0.170. The molecule has 0 aromatic heterocycles. The number of benzene rings is 2. The monoisotopic (exact) mass is 465 g/mol. The molecule has 3 atom stereocenters. The van der Waals surface area contributed by atoms with Crippen molar-refractivity contribution in [1.82, 2.24) is 0 Å². The van der Waals surface area contributed by atoms with Crippen LogP contribution in [0, 0.1) is 34.8 Å². The van der Waals surface area contributed by atoms with Gasteiger partial charge in [-0.3, -0.25) is 19.9 Å². The summed E-state index contributed by atoms with van der Waals surface area (Å²) in [4.78, 5) is 30.2. The van der Waals surface area contributed by atoms with Gasteiger partial charge in [-0.1, -0.05) is 45.4 Å². The minimum atomic E-state index is -0.431. The fraction of sp³-hybridized carbons (Fsp3) is 0.481. The number of aliphatic imine (C=N–C) groups is 1. The maximum atomic E-state index is 13.3. The summed E-state index contributed by atoms with van der Waals surface area (Å²) in [6.07, 6.45) is 3.04. The summed E-state index contributed by atoms with van der Waals surface area (Å²) in [5.41, 5.74) is 2.53. The molecule has 2 aromatic rings. The molecule has 1 aliphatic carbocycles. The number of anilines is 1. The zero-order valence-corrected chi connectivity index (χ0v) is 20.7. The van der Waals surface area contributed by atoms with Gasteiger partial charge < -0.3 is 9.64 Å². The zero-order chi connectivity index (χ0) is 24.8. The second kappa shape index (κ2) is 11.3. The zero-order valence-electron chi connectivity index (χ0n) is 20.7. The van der Waals surface area contributed by atoms with Crippen LogP contribution in [0.5, 0.6) is 0 Å². The molecule has 1 fully saturated rings. The molecule has 34 heavy (non-hydrogen) atoms. The molecular formula is C27H35N3O4. The molecule has 0 radical (unpaired) electrons. The molecular weight excluding hydrogens is 430 g/mol. The third kappa shape index (κ3) is 6.01. The molecule has 1 aliphatic rings. The molecule has 0 saturated heterocycles. The van der Waals surface area contributed by atoms with E-state index in [9.17, 15) is 14.9 Å². The normalized spacial score (nSPS) is 20.8. The third-order valence-electron chi connectivity index (χ3n) is 6.74. The minimum absolute atomic E-state index is 0.00418. The van der Waals surface area contributed by atoms with Crippen molar-refractivity contribution in [2.45, 2.75) is 53.1 Å². The van der Waals surface area contributed by atoms with Crippen molar-refractivity contribution in [3.8, 4) is 0 Å². The van der Waals surface area contributed by atoms with Gasteiger partial charge in [0.05, 0.1) is 4.92 Å². The topological polar surface area (TPSA) is 85.0 Å². The van der Waals surface area contributed by atoms with Crippen molar-refractivity contribution in [3.63, 3.8) is 0 Å². The van der Waals surface area contributed by atoms with Crippen molar-refractivity contribution in [2.75, 3.05) is 18.5 Å². The first-order valence-corrected chi connectivity index (χ1v) is 12.0. The smallest absolute Gasteiger partial charge is 0.326 e. The van der Waals surface area contributed by atoms with Gasteiger partial charge in [0.25, 0.3) is 5.69 Å². The summed E-state index contributed by atoms with van der Waals surface area (Å²) < 4.78 is 6.08. The summed E-state index contributed by atoms with van der Waals surface area (Å²) in [7, 11) is 1.66. The lowest BCUT2D eigenvalue weighted by Gasteiger charge is -2.37. The molecule has 0 heterocycles. The van der Waals surface area contributed by atoms with Crippen molar-refractivity contribution < 1.29 is 14.5 Å². The molecule has 0 unspecified atom stereocenters. The summed E-state index contributed by atoms with van der Waals surface area (Å²) in [5, 5.41) is 11.1. The number of esters is 1. The molecule has 0 bridgehead atoms. The number of amidine groups is 1. The number of carbonyl (C=O) groups excluding carboxylic acids is 1. The molecule has 182 valence electrons. The van der Waals surface area contributed by atoms with E-state index in [1.807, 2.05) is 36.1 Å². The highest BCUT2D eigenvalue weighted by molar-refractivity contribution is 6.12. The number of para-hydroxylation sites is 1. The van der Waals surface area contributed by atoms with E-state index in [1.165, 1.54) is 18.6 Å². The Morgan fingerprint density at radius 2 is 1.85 bits per heavy atom. The predicted octanol–water partition coefficient (Wildman–Crippen LogP) is 5.79. The molecule has 0 aliphatic heterocycles. The average Bonchev–Trinajstić information content (AvgIpc) is 2.79. The van der Waals surface area contributed by atoms with Crippen molar-refractivity contribution >= 4 is 23.2 Å². The number of nitro benzene ring substituents is 1. The Kier molecular flexibility index (Phi) is 8.42. The van der Waals surface area contributed by atoms with Gasteiger partial charge in [-0.25, -0.2) is 0 Å². The van der Waals surface area contributed by atoms with Crippen molar-refractivity contribution in [2.24, 2.45) is 22.7 Å². The van der Waals surface area contributed by atoms with Crippen LogP contribution in [-0.4, -0.2) is 36.4 Å². The maximum absolute atomic E-state index is 13.3. The van der Waals surface area contributed by atoms with E-state index in [2.05, 4.69) is 25.8 Å². The largest absolute Gasteiger partial charge is 0.461 e. The van der Waals surface area contributed by atoms with Crippen molar-refractivity contribution in [1.29, 1.82) is 0 Å².